The number of carboxylic acids is 1. The molecule has 0 aromatic rings. The van der Waals surface area contributed by atoms with Crippen LogP contribution >= 0.6 is 0 Å². The molecule has 0 rings (SSSR count). The van der Waals surface area contributed by atoms with Gasteiger partial charge < -0.3 is 5.11 Å². The predicted octanol–water partition coefficient (Wildman–Crippen LogP) is 1.73. The van der Waals surface area contributed by atoms with Gasteiger partial charge in [0.15, 0.2) is 0 Å². The van der Waals surface area contributed by atoms with Crippen LogP contribution in [0.15, 0.2) is 12.7 Å². The van der Waals surface area contributed by atoms with E-state index in [0.717, 1.165) is 6.08 Å². The van der Waals surface area contributed by atoms with Crippen LogP contribution in [0.1, 0.15) is 0 Å². The fourth-order valence-electron chi connectivity index (χ4n) is 0. The highest BCUT2D eigenvalue weighted by Gasteiger charge is 2.24. The molecule has 0 atom stereocenters. The van der Waals surface area contributed by atoms with E-state index in [1.165, 1.54) is 0 Å². The molecule has 0 heterocycles. The molecule has 0 unspecified atom stereocenters. The first-order valence-corrected chi connectivity index (χ1v) is 1.88. The number of carboxylic acid groups (broad SMARTS) is 1. The zero-order valence-corrected chi connectivity index (χ0v) is 4.65. The average Bonchev–Trinajstić information content (AvgIpc) is 1.61. The Bertz CT molecular complexity index is 111. The molecular weight excluding hydrogens is 156 g/mol. The molecule has 0 aliphatic heterocycles. The molecule has 2 nitrogen and oxygen atoms in total. The second-order valence-electron chi connectivity index (χ2n) is 0.971. The third kappa shape index (κ3) is 282. The maximum absolute atomic E-state index is 9.69. The van der Waals surface area contributed by atoms with E-state index >= 15 is 0 Å². The van der Waals surface area contributed by atoms with Gasteiger partial charge in [0, 0.05) is 6.08 Å². The van der Waals surface area contributed by atoms with Crippen molar-refractivity contribution in [1.29, 1.82) is 0 Å². The van der Waals surface area contributed by atoms with Gasteiger partial charge in [0.05, 0.1) is 0 Å². The summed E-state index contributed by atoms with van der Waals surface area (Å²) in [6.07, 6.45) is -4.67. The van der Waals surface area contributed by atoms with Gasteiger partial charge in [-0.05, 0) is 0 Å². The van der Waals surface area contributed by atoms with E-state index < -0.39 is 12.4 Å². The first kappa shape index (κ1) is 11.7. The third-order valence-electron chi connectivity index (χ3n) is 0.175. The summed E-state index contributed by atoms with van der Waals surface area (Å²) in [5.74, 6) is -0.981. The Balaban J connectivity index is 0. The molecule has 0 aromatic carbocycles. The van der Waals surface area contributed by atoms with Gasteiger partial charge in [0.2, 0.25) is 0 Å². The van der Waals surface area contributed by atoms with Crippen molar-refractivity contribution in [3.05, 3.63) is 12.7 Å². The molecule has 0 fully saturated rings. The van der Waals surface area contributed by atoms with Gasteiger partial charge in [0.25, 0.3) is 0 Å². The molecule has 0 aliphatic carbocycles. The van der Waals surface area contributed by atoms with E-state index in [9.17, 15) is 22.4 Å². The zero-order chi connectivity index (χ0) is 8.78. The maximum atomic E-state index is 9.69. The Morgan fingerprint density at radius 2 is 1.50 bits per heavy atom. The summed E-state index contributed by atoms with van der Waals surface area (Å²) in [5, 5.41) is 7.60. The lowest BCUT2D eigenvalue weighted by Gasteiger charge is -1.82. The topological polar surface area (TPSA) is 37.3 Å². The molecular formula is C4H4F4O2. The molecule has 6 heteroatoms. The van der Waals surface area contributed by atoms with Crippen LogP contribution in [0.5, 0.6) is 0 Å². The van der Waals surface area contributed by atoms with Crippen molar-refractivity contribution in [3.63, 3.8) is 0 Å². The zero-order valence-electron chi connectivity index (χ0n) is 4.65. The molecule has 1 N–H and O–H groups in total. The van der Waals surface area contributed by atoms with Crippen LogP contribution in [-0.4, -0.2) is 17.5 Å². The Kier molecular flexibility index (Phi) is 5.58. The van der Waals surface area contributed by atoms with E-state index in [2.05, 4.69) is 6.58 Å². The van der Waals surface area contributed by atoms with Gasteiger partial charge in [-0.25, -0.2) is 4.79 Å². The summed E-state index contributed by atoms with van der Waals surface area (Å²) in [5.41, 5.74) is 0. The van der Waals surface area contributed by atoms with Gasteiger partial charge in [-0.2, -0.15) is 0 Å². The number of aliphatic carboxylic acids is 1. The van der Waals surface area contributed by atoms with Crippen LogP contribution in [0, 0.1) is 0 Å². The molecule has 0 bridgehead atoms. The quantitative estimate of drug-likeness (QED) is 0.468. The summed E-state index contributed by atoms with van der Waals surface area (Å²) < 4.78 is 38.8. The molecule has 0 radical (unpaired) electrons. The number of alkyl halides is 4. The Morgan fingerprint density at radius 1 is 1.40 bits per heavy atom. The van der Waals surface area contributed by atoms with Gasteiger partial charge in [-0.15, -0.1) is 17.6 Å². The number of carbonyl (C=O) groups is 1. The van der Waals surface area contributed by atoms with Crippen molar-refractivity contribution < 1.29 is 27.5 Å². The van der Waals surface area contributed by atoms with Crippen molar-refractivity contribution in [2.24, 2.45) is 0 Å². The second kappa shape index (κ2) is 4.78. The SMILES string of the molecule is C=CC(=O)O.FC(F)(F)F. The largest absolute Gasteiger partial charge is 0.559 e. The molecule has 0 spiro atoms. The summed E-state index contributed by atoms with van der Waals surface area (Å²) in [4.78, 5) is 9.25. The second-order valence-corrected chi connectivity index (χ2v) is 0.971. The Morgan fingerprint density at radius 3 is 1.50 bits per heavy atom. The first-order valence-electron chi connectivity index (χ1n) is 1.88. The summed E-state index contributed by atoms with van der Waals surface area (Å²) in [7, 11) is 0. The van der Waals surface area contributed by atoms with Crippen molar-refractivity contribution in [3.8, 4) is 0 Å². The van der Waals surface area contributed by atoms with Crippen LogP contribution in [0.3, 0.4) is 0 Å². The summed E-state index contributed by atoms with van der Waals surface area (Å²) in [6, 6.07) is 0. The lowest BCUT2D eigenvalue weighted by atomic mass is 10.7. The smallest absolute Gasteiger partial charge is 0.478 e. The van der Waals surface area contributed by atoms with Crippen LogP contribution in [0.4, 0.5) is 17.6 Å². The number of hydrogen-bond acceptors (Lipinski definition) is 1. The lowest BCUT2D eigenvalue weighted by molar-refractivity contribution is -0.237. The highest BCUT2D eigenvalue weighted by molar-refractivity contribution is 5.78. The molecule has 0 aromatic heterocycles. The minimum atomic E-state index is -5.50. The molecule has 0 aliphatic rings. The summed E-state index contributed by atoms with van der Waals surface area (Å²) >= 11 is 0. The van der Waals surface area contributed by atoms with E-state index in [1.807, 2.05) is 0 Å². The fourth-order valence-corrected chi connectivity index (χ4v) is 0. The normalized spacial score (nSPS) is 9.20. The van der Waals surface area contributed by atoms with Crippen LogP contribution in [0.25, 0.3) is 0 Å². The van der Waals surface area contributed by atoms with E-state index in [0.29, 0.717) is 0 Å². The minimum Gasteiger partial charge on any atom is -0.478 e. The Hall–Kier alpha value is -1.07. The first-order chi connectivity index (χ1) is 4.27. The highest BCUT2D eigenvalue weighted by Crippen LogP contribution is 2.13. The van der Waals surface area contributed by atoms with Gasteiger partial charge in [-0.1, -0.05) is 6.58 Å². The van der Waals surface area contributed by atoms with Gasteiger partial charge >= 0.3 is 12.4 Å². The molecule has 0 amide bonds. The van der Waals surface area contributed by atoms with Crippen molar-refractivity contribution in [2.75, 3.05) is 0 Å². The average molecular weight is 160 g/mol. The highest BCUT2D eigenvalue weighted by atomic mass is 19.5. The van der Waals surface area contributed by atoms with Gasteiger partial charge in [-0.3, -0.25) is 0 Å². The number of hydrogen-bond donors (Lipinski definition) is 1. The molecule has 10 heavy (non-hydrogen) atoms. The monoisotopic (exact) mass is 160 g/mol. The van der Waals surface area contributed by atoms with Crippen molar-refractivity contribution >= 4 is 5.97 Å². The fraction of sp³-hybridized carbons (Fsp3) is 0.250. The molecule has 0 saturated carbocycles. The van der Waals surface area contributed by atoms with Crippen LogP contribution < -0.4 is 0 Å². The van der Waals surface area contributed by atoms with Gasteiger partial charge in [0.1, 0.15) is 0 Å². The molecule has 60 valence electrons. The van der Waals surface area contributed by atoms with Crippen LogP contribution in [-0.2, 0) is 4.79 Å². The number of halogens is 4. The van der Waals surface area contributed by atoms with Crippen LogP contribution in [0.2, 0.25) is 0 Å². The predicted molar refractivity (Wildman–Crippen MR) is 25.0 cm³/mol. The third-order valence-corrected chi connectivity index (χ3v) is 0.175. The van der Waals surface area contributed by atoms with Crippen molar-refractivity contribution in [2.45, 2.75) is 6.43 Å². The number of rotatable bonds is 1. The van der Waals surface area contributed by atoms with Crippen molar-refractivity contribution in [1.82, 2.24) is 0 Å². The summed E-state index contributed by atoms with van der Waals surface area (Å²) in [6.45, 7) is 2.96. The lowest BCUT2D eigenvalue weighted by Crippen LogP contribution is -1.92. The molecule has 0 saturated heterocycles. The minimum absolute atomic E-state index is 0.833. The maximum Gasteiger partial charge on any atom is 0.559 e. The standard InChI is InChI=1S/C3H4O2.CF4/c1-2-3(4)5;2-1(3,4)5/h2H,1H2,(H,4,5);. The van der Waals surface area contributed by atoms with E-state index in [-0.39, 0.29) is 0 Å². The van der Waals surface area contributed by atoms with E-state index in [4.69, 9.17) is 5.11 Å². The van der Waals surface area contributed by atoms with E-state index in [1.54, 1.807) is 0 Å². The Labute approximate surface area is 53.8 Å².